The summed E-state index contributed by atoms with van der Waals surface area (Å²) >= 11 is 3.50. The van der Waals surface area contributed by atoms with Crippen molar-refractivity contribution in [3.63, 3.8) is 0 Å². The highest BCUT2D eigenvalue weighted by Crippen LogP contribution is 2.38. The minimum atomic E-state index is -0.636. The van der Waals surface area contributed by atoms with Crippen molar-refractivity contribution < 1.29 is 19.1 Å². The molecule has 2 aromatic carbocycles. The number of carbonyl (C=O) groups is 3. The van der Waals surface area contributed by atoms with Gasteiger partial charge in [0.2, 0.25) is 11.8 Å². The van der Waals surface area contributed by atoms with E-state index in [-0.39, 0.29) is 24.8 Å². The molecule has 2 heterocycles. The van der Waals surface area contributed by atoms with Gasteiger partial charge >= 0.3 is 0 Å². The van der Waals surface area contributed by atoms with Gasteiger partial charge in [0.15, 0.2) is 0 Å². The van der Waals surface area contributed by atoms with Crippen LogP contribution in [0, 0.1) is 0 Å². The normalized spacial score (nSPS) is 19.1. The number of amides is 3. The number of rotatable bonds is 4. The number of fused-ring (bicyclic) bond motifs is 1. The molecule has 2 aliphatic heterocycles. The van der Waals surface area contributed by atoms with Crippen LogP contribution in [0.1, 0.15) is 34.3 Å². The van der Waals surface area contributed by atoms with Gasteiger partial charge in [0.25, 0.3) is 5.91 Å². The number of imide groups is 1. The van der Waals surface area contributed by atoms with Crippen molar-refractivity contribution in [1.29, 1.82) is 0 Å². The zero-order valence-electron chi connectivity index (χ0n) is 14.4. The maximum Gasteiger partial charge on any atom is 0.255 e. The third-order valence-corrected chi connectivity index (χ3v) is 5.47. The Morgan fingerprint density at radius 1 is 1.11 bits per heavy atom. The van der Waals surface area contributed by atoms with Crippen LogP contribution >= 0.6 is 15.9 Å². The van der Waals surface area contributed by atoms with Crippen molar-refractivity contribution in [2.75, 3.05) is 0 Å². The van der Waals surface area contributed by atoms with E-state index in [0.717, 1.165) is 15.6 Å². The molecule has 2 aliphatic rings. The number of nitrogens with zero attached hydrogens (tertiary/aromatic N) is 1. The molecule has 7 heteroatoms. The third kappa shape index (κ3) is 3.35. The first-order valence-corrected chi connectivity index (χ1v) is 9.46. The van der Waals surface area contributed by atoms with Crippen LogP contribution in [0.15, 0.2) is 46.9 Å². The molecule has 0 aromatic heterocycles. The molecule has 1 saturated heterocycles. The highest BCUT2D eigenvalue weighted by molar-refractivity contribution is 9.10. The minimum Gasteiger partial charge on any atom is -0.487 e. The van der Waals surface area contributed by atoms with Crippen molar-refractivity contribution in [3.05, 3.63) is 63.6 Å². The highest BCUT2D eigenvalue weighted by Gasteiger charge is 2.40. The zero-order chi connectivity index (χ0) is 19.0. The molecular formula is C20H17BrN2O4. The monoisotopic (exact) mass is 428 g/mol. The third-order valence-electron chi connectivity index (χ3n) is 4.84. The second kappa shape index (κ2) is 7.15. The molecule has 0 radical (unpaired) electrons. The first-order chi connectivity index (χ1) is 13.0. The van der Waals surface area contributed by atoms with Crippen LogP contribution in [0.4, 0.5) is 0 Å². The standard InChI is InChI=1S/C20H17BrN2O4/c21-15-7-6-13-14(18(15)27-11-12-4-2-1-3-5-12)10-23(20(13)26)16-8-9-17(24)22-19(16)25/h1-7,16H,8-11H2,(H,22,24,25). The van der Waals surface area contributed by atoms with Gasteiger partial charge in [0.05, 0.1) is 11.0 Å². The van der Waals surface area contributed by atoms with Crippen molar-refractivity contribution in [3.8, 4) is 5.75 Å². The number of carbonyl (C=O) groups excluding carboxylic acids is 3. The summed E-state index contributed by atoms with van der Waals surface area (Å²) in [5.41, 5.74) is 2.31. The Balaban J connectivity index is 1.59. The number of benzene rings is 2. The molecule has 27 heavy (non-hydrogen) atoms. The summed E-state index contributed by atoms with van der Waals surface area (Å²) in [5, 5.41) is 2.31. The molecule has 0 spiro atoms. The van der Waals surface area contributed by atoms with Gasteiger partial charge in [-0.05, 0) is 40.0 Å². The summed E-state index contributed by atoms with van der Waals surface area (Å²) in [6.07, 6.45) is 0.573. The lowest BCUT2D eigenvalue weighted by Crippen LogP contribution is -2.52. The lowest BCUT2D eigenvalue weighted by atomic mass is 10.0. The summed E-state index contributed by atoms with van der Waals surface area (Å²) in [6.45, 7) is 0.659. The van der Waals surface area contributed by atoms with Crippen LogP contribution in [-0.4, -0.2) is 28.7 Å². The van der Waals surface area contributed by atoms with Crippen molar-refractivity contribution in [2.24, 2.45) is 0 Å². The molecule has 2 aromatic rings. The maximum atomic E-state index is 12.9. The molecule has 3 amide bonds. The van der Waals surface area contributed by atoms with Crippen LogP contribution in [0.3, 0.4) is 0 Å². The molecule has 4 rings (SSSR count). The maximum absolute atomic E-state index is 12.9. The Hall–Kier alpha value is -2.67. The molecule has 0 saturated carbocycles. The quantitative estimate of drug-likeness (QED) is 0.759. The minimum absolute atomic E-state index is 0.212. The predicted molar refractivity (Wildman–Crippen MR) is 101 cm³/mol. The fourth-order valence-corrected chi connectivity index (χ4v) is 3.96. The molecule has 1 N–H and O–H groups in total. The van der Waals surface area contributed by atoms with E-state index in [2.05, 4.69) is 21.2 Å². The van der Waals surface area contributed by atoms with Crippen LogP contribution < -0.4 is 10.1 Å². The van der Waals surface area contributed by atoms with Crippen LogP contribution in [0.25, 0.3) is 0 Å². The van der Waals surface area contributed by atoms with E-state index >= 15 is 0 Å². The Bertz CT molecular complexity index is 929. The Labute approximate surface area is 164 Å². The van der Waals surface area contributed by atoms with Gasteiger partial charge < -0.3 is 9.64 Å². The molecule has 1 unspecified atom stereocenters. The fourth-order valence-electron chi connectivity index (χ4n) is 3.47. The summed E-state index contributed by atoms with van der Waals surface area (Å²) in [5.74, 6) is -0.315. The van der Waals surface area contributed by atoms with Gasteiger partial charge in [-0.3, -0.25) is 19.7 Å². The first-order valence-electron chi connectivity index (χ1n) is 8.67. The number of ether oxygens (including phenoxy) is 1. The molecule has 1 fully saturated rings. The topological polar surface area (TPSA) is 75.7 Å². The largest absolute Gasteiger partial charge is 0.487 e. The van der Waals surface area contributed by atoms with Crippen molar-refractivity contribution in [1.82, 2.24) is 10.2 Å². The van der Waals surface area contributed by atoms with Gasteiger partial charge in [-0.1, -0.05) is 30.3 Å². The number of nitrogens with one attached hydrogen (secondary N) is 1. The Morgan fingerprint density at radius 2 is 1.89 bits per heavy atom. The van der Waals surface area contributed by atoms with Crippen molar-refractivity contribution in [2.45, 2.75) is 32.0 Å². The van der Waals surface area contributed by atoms with Gasteiger partial charge in [-0.2, -0.15) is 0 Å². The molecule has 0 aliphatic carbocycles. The summed E-state index contributed by atoms with van der Waals surface area (Å²) in [7, 11) is 0. The second-order valence-corrected chi connectivity index (χ2v) is 7.43. The average Bonchev–Trinajstić information content (AvgIpc) is 2.98. The average molecular weight is 429 g/mol. The summed E-state index contributed by atoms with van der Waals surface area (Å²) in [4.78, 5) is 37.9. The molecule has 0 bridgehead atoms. The van der Waals surface area contributed by atoms with Crippen LogP contribution in [0.2, 0.25) is 0 Å². The predicted octanol–water partition coefficient (Wildman–Crippen LogP) is 2.79. The second-order valence-electron chi connectivity index (χ2n) is 6.58. The van der Waals surface area contributed by atoms with Gasteiger partial charge in [0, 0.05) is 17.5 Å². The highest BCUT2D eigenvalue weighted by atomic mass is 79.9. The van der Waals surface area contributed by atoms with E-state index in [1.165, 1.54) is 4.90 Å². The fraction of sp³-hybridized carbons (Fsp3) is 0.250. The number of halogens is 1. The molecular weight excluding hydrogens is 412 g/mol. The summed E-state index contributed by atoms with van der Waals surface area (Å²) in [6, 6.07) is 12.7. The summed E-state index contributed by atoms with van der Waals surface area (Å²) < 4.78 is 6.77. The Morgan fingerprint density at radius 3 is 2.63 bits per heavy atom. The van der Waals surface area contributed by atoms with Crippen LogP contribution in [-0.2, 0) is 22.7 Å². The number of piperidine rings is 1. The van der Waals surface area contributed by atoms with E-state index in [1.807, 2.05) is 30.3 Å². The SMILES string of the molecule is O=C1CCC(N2Cc3c(ccc(Br)c3OCc3ccccc3)C2=O)C(=O)N1. The zero-order valence-corrected chi connectivity index (χ0v) is 16.0. The molecule has 138 valence electrons. The molecule has 1 atom stereocenters. The number of hydrogen-bond acceptors (Lipinski definition) is 4. The van der Waals surface area contributed by atoms with Gasteiger partial charge in [0.1, 0.15) is 18.4 Å². The smallest absolute Gasteiger partial charge is 0.255 e. The van der Waals surface area contributed by atoms with E-state index < -0.39 is 11.9 Å². The van der Waals surface area contributed by atoms with E-state index in [4.69, 9.17) is 4.74 Å². The molecule has 6 nitrogen and oxygen atoms in total. The first kappa shape index (κ1) is 17.7. The van der Waals surface area contributed by atoms with Gasteiger partial charge in [-0.25, -0.2) is 0 Å². The Kier molecular flexibility index (Phi) is 4.70. The van der Waals surface area contributed by atoms with Crippen LogP contribution in [0.5, 0.6) is 5.75 Å². The van der Waals surface area contributed by atoms with E-state index in [0.29, 0.717) is 24.3 Å². The van der Waals surface area contributed by atoms with Crippen molar-refractivity contribution >= 4 is 33.7 Å². The van der Waals surface area contributed by atoms with E-state index in [9.17, 15) is 14.4 Å². The lowest BCUT2D eigenvalue weighted by molar-refractivity contribution is -0.136. The number of hydrogen-bond donors (Lipinski definition) is 1. The van der Waals surface area contributed by atoms with Gasteiger partial charge in [-0.15, -0.1) is 0 Å². The lowest BCUT2D eigenvalue weighted by Gasteiger charge is -2.29. The van der Waals surface area contributed by atoms with E-state index in [1.54, 1.807) is 12.1 Å².